The van der Waals surface area contributed by atoms with Crippen LogP contribution in [0, 0.1) is 3.57 Å². The standard InChI is InChI=1S/C16H14IN3/c1-2-20(13-6-4-3-5-7-13)16-14-10-12(17)8-9-15(14)18-11-19-16/h3-11H,2H2,1H3. The highest BCUT2D eigenvalue weighted by Crippen LogP contribution is 2.29. The van der Waals surface area contributed by atoms with Crippen LogP contribution >= 0.6 is 22.6 Å². The van der Waals surface area contributed by atoms with Gasteiger partial charge in [0.05, 0.1) is 5.52 Å². The van der Waals surface area contributed by atoms with Crippen molar-refractivity contribution in [3.63, 3.8) is 0 Å². The maximum atomic E-state index is 4.51. The molecule has 3 aromatic rings. The first-order valence-electron chi connectivity index (χ1n) is 6.52. The van der Waals surface area contributed by atoms with Crippen molar-refractivity contribution >= 4 is 45.0 Å². The highest BCUT2D eigenvalue weighted by molar-refractivity contribution is 14.1. The van der Waals surface area contributed by atoms with Crippen LogP contribution in [0.15, 0.2) is 54.9 Å². The number of para-hydroxylation sites is 1. The molecule has 0 bridgehead atoms. The Balaban J connectivity index is 2.19. The van der Waals surface area contributed by atoms with E-state index in [9.17, 15) is 0 Å². The number of hydrogen-bond donors (Lipinski definition) is 0. The van der Waals surface area contributed by atoms with Gasteiger partial charge < -0.3 is 4.90 Å². The zero-order valence-corrected chi connectivity index (χ0v) is 13.3. The zero-order valence-electron chi connectivity index (χ0n) is 11.1. The third-order valence-corrected chi connectivity index (χ3v) is 3.89. The van der Waals surface area contributed by atoms with Gasteiger partial charge in [-0.3, -0.25) is 0 Å². The lowest BCUT2D eigenvalue weighted by Crippen LogP contribution is -2.17. The van der Waals surface area contributed by atoms with E-state index in [2.05, 4.69) is 68.6 Å². The monoisotopic (exact) mass is 375 g/mol. The van der Waals surface area contributed by atoms with Gasteiger partial charge in [0.15, 0.2) is 0 Å². The topological polar surface area (TPSA) is 29.0 Å². The van der Waals surface area contributed by atoms with E-state index in [-0.39, 0.29) is 0 Å². The smallest absolute Gasteiger partial charge is 0.144 e. The van der Waals surface area contributed by atoms with E-state index in [0.717, 1.165) is 29.0 Å². The number of halogens is 1. The number of nitrogens with zero attached hydrogens (tertiary/aromatic N) is 3. The van der Waals surface area contributed by atoms with Gasteiger partial charge in [-0.25, -0.2) is 9.97 Å². The molecule has 0 unspecified atom stereocenters. The Kier molecular flexibility index (Phi) is 3.82. The Bertz CT molecular complexity index is 728. The summed E-state index contributed by atoms with van der Waals surface area (Å²) in [5.74, 6) is 0.960. The second kappa shape index (κ2) is 5.75. The molecule has 4 heteroatoms. The van der Waals surface area contributed by atoms with E-state index < -0.39 is 0 Å². The molecule has 2 aromatic carbocycles. The molecular formula is C16H14IN3. The molecule has 0 aliphatic heterocycles. The third-order valence-electron chi connectivity index (χ3n) is 3.22. The van der Waals surface area contributed by atoms with Crippen molar-refractivity contribution in [3.05, 3.63) is 58.4 Å². The van der Waals surface area contributed by atoms with Gasteiger partial charge in [0.1, 0.15) is 12.1 Å². The van der Waals surface area contributed by atoms with E-state index >= 15 is 0 Å². The van der Waals surface area contributed by atoms with E-state index in [1.807, 2.05) is 24.3 Å². The lowest BCUT2D eigenvalue weighted by molar-refractivity contribution is 0.990. The molecule has 1 aromatic heterocycles. The predicted molar refractivity (Wildman–Crippen MR) is 91.4 cm³/mol. The van der Waals surface area contributed by atoms with Crippen LogP contribution < -0.4 is 4.90 Å². The summed E-state index contributed by atoms with van der Waals surface area (Å²) in [5, 5.41) is 1.09. The second-order valence-corrected chi connectivity index (χ2v) is 5.68. The van der Waals surface area contributed by atoms with Crippen molar-refractivity contribution in [3.8, 4) is 0 Å². The van der Waals surface area contributed by atoms with E-state index in [1.165, 1.54) is 3.57 Å². The lowest BCUT2D eigenvalue weighted by atomic mass is 10.2. The molecule has 0 saturated carbocycles. The van der Waals surface area contributed by atoms with Crippen LogP contribution in [-0.2, 0) is 0 Å². The Morgan fingerprint density at radius 2 is 1.85 bits per heavy atom. The molecule has 20 heavy (non-hydrogen) atoms. The molecule has 3 nitrogen and oxygen atoms in total. The molecule has 0 fully saturated rings. The maximum absolute atomic E-state index is 4.51. The molecule has 0 amide bonds. The molecule has 0 saturated heterocycles. The minimum atomic E-state index is 0.863. The fraction of sp³-hybridized carbons (Fsp3) is 0.125. The summed E-state index contributed by atoms with van der Waals surface area (Å²) in [4.78, 5) is 11.1. The molecular weight excluding hydrogens is 361 g/mol. The molecule has 0 spiro atoms. The minimum Gasteiger partial charge on any atom is -0.326 e. The third kappa shape index (κ3) is 2.47. The molecule has 0 aliphatic carbocycles. The van der Waals surface area contributed by atoms with Gasteiger partial charge in [-0.15, -0.1) is 0 Å². The van der Waals surface area contributed by atoms with Gasteiger partial charge in [-0.05, 0) is 59.8 Å². The van der Waals surface area contributed by atoms with Crippen molar-refractivity contribution in [2.24, 2.45) is 0 Å². The second-order valence-electron chi connectivity index (χ2n) is 4.44. The largest absolute Gasteiger partial charge is 0.326 e. The van der Waals surface area contributed by atoms with Gasteiger partial charge in [-0.2, -0.15) is 0 Å². The van der Waals surface area contributed by atoms with Crippen molar-refractivity contribution < 1.29 is 0 Å². The SMILES string of the molecule is CCN(c1ccccc1)c1ncnc2ccc(I)cc12. The number of benzene rings is 2. The zero-order chi connectivity index (χ0) is 13.9. The van der Waals surface area contributed by atoms with Crippen LogP contribution in [0.1, 0.15) is 6.92 Å². The Labute approximate surface area is 131 Å². The van der Waals surface area contributed by atoms with Crippen molar-refractivity contribution in [1.82, 2.24) is 9.97 Å². The number of rotatable bonds is 3. The molecule has 0 aliphatic rings. The lowest BCUT2D eigenvalue weighted by Gasteiger charge is -2.23. The summed E-state index contributed by atoms with van der Waals surface area (Å²) >= 11 is 2.32. The van der Waals surface area contributed by atoms with Crippen molar-refractivity contribution in [2.45, 2.75) is 6.92 Å². The highest BCUT2D eigenvalue weighted by atomic mass is 127. The summed E-state index contributed by atoms with van der Waals surface area (Å²) in [6, 6.07) is 16.6. The first-order chi connectivity index (χ1) is 9.79. The normalized spacial score (nSPS) is 10.7. The van der Waals surface area contributed by atoms with Gasteiger partial charge in [-0.1, -0.05) is 18.2 Å². The quantitative estimate of drug-likeness (QED) is 0.636. The first kappa shape index (κ1) is 13.3. The van der Waals surface area contributed by atoms with Crippen LogP contribution in [0.2, 0.25) is 0 Å². The molecule has 0 atom stereocenters. The Morgan fingerprint density at radius 3 is 2.60 bits per heavy atom. The summed E-state index contributed by atoms with van der Waals surface area (Å²) in [6.45, 7) is 3.00. The van der Waals surface area contributed by atoms with Crippen molar-refractivity contribution in [1.29, 1.82) is 0 Å². The van der Waals surface area contributed by atoms with Crippen LogP contribution in [-0.4, -0.2) is 16.5 Å². The number of anilines is 2. The van der Waals surface area contributed by atoms with E-state index in [1.54, 1.807) is 6.33 Å². The predicted octanol–water partition coefficient (Wildman–Crippen LogP) is 4.39. The van der Waals surface area contributed by atoms with Crippen LogP contribution in [0.3, 0.4) is 0 Å². The summed E-state index contributed by atoms with van der Waals surface area (Å²) < 4.78 is 1.19. The molecule has 1 heterocycles. The fourth-order valence-electron chi connectivity index (χ4n) is 2.29. The molecule has 0 N–H and O–H groups in total. The number of hydrogen-bond acceptors (Lipinski definition) is 3. The Morgan fingerprint density at radius 1 is 1.05 bits per heavy atom. The maximum Gasteiger partial charge on any atom is 0.144 e. The average Bonchev–Trinajstić information content (AvgIpc) is 2.49. The number of aromatic nitrogens is 2. The summed E-state index contributed by atoms with van der Waals surface area (Å²) in [6.07, 6.45) is 1.64. The number of fused-ring (bicyclic) bond motifs is 1. The minimum absolute atomic E-state index is 0.863. The van der Waals surface area contributed by atoms with Crippen LogP contribution in [0.5, 0.6) is 0 Å². The van der Waals surface area contributed by atoms with Crippen LogP contribution in [0.4, 0.5) is 11.5 Å². The highest BCUT2D eigenvalue weighted by Gasteiger charge is 2.12. The van der Waals surface area contributed by atoms with Gasteiger partial charge >= 0.3 is 0 Å². The van der Waals surface area contributed by atoms with Crippen molar-refractivity contribution in [2.75, 3.05) is 11.4 Å². The van der Waals surface area contributed by atoms with Gasteiger partial charge in [0, 0.05) is 21.2 Å². The van der Waals surface area contributed by atoms with Gasteiger partial charge in [0.25, 0.3) is 0 Å². The summed E-state index contributed by atoms with van der Waals surface area (Å²) in [7, 11) is 0. The van der Waals surface area contributed by atoms with E-state index in [0.29, 0.717) is 0 Å². The van der Waals surface area contributed by atoms with Gasteiger partial charge in [0.2, 0.25) is 0 Å². The average molecular weight is 375 g/mol. The fourth-order valence-corrected chi connectivity index (χ4v) is 2.78. The summed E-state index contributed by atoms with van der Waals surface area (Å²) in [5.41, 5.74) is 2.12. The first-order valence-corrected chi connectivity index (χ1v) is 7.60. The van der Waals surface area contributed by atoms with Crippen LogP contribution in [0.25, 0.3) is 10.9 Å². The Hall–Kier alpha value is -1.69. The molecule has 3 rings (SSSR count). The van der Waals surface area contributed by atoms with E-state index in [4.69, 9.17) is 0 Å². The molecule has 0 radical (unpaired) electrons. The molecule has 100 valence electrons.